The lowest BCUT2D eigenvalue weighted by atomic mass is 10.0. The van der Waals surface area contributed by atoms with Crippen molar-refractivity contribution in [1.82, 2.24) is 9.80 Å². The molecule has 26 heavy (non-hydrogen) atoms. The second kappa shape index (κ2) is 7.52. The Morgan fingerprint density at radius 3 is 2.23 bits per heavy atom. The molecule has 3 rings (SSSR count). The predicted octanol–water partition coefficient (Wildman–Crippen LogP) is 3.01. The Bertz CT molecular complexity index is 842. The summed E-state index contributed by atoms with van der Waals surface area (Å²) in [5, 5.41) is 0. The van der Waals surface area contributed by atoms with Crippen LogP contribution in [-0.4, -0.2) is 47.2 Å². The summed E-state index contributed by atoms with van der Waals surface area (Å²) in [7, 11) is 0. The molecule has 0 atom stereocenters. The largest absolute Gasteiger partial charge is 0.339 e. The summed E-state index contributed by atoms with van der Waals surface area (Å²) in [5.41, 5.74) is 2.21. The summed E-state index contributed by atoms with van der Waals surface area (Å²) in [5.74, 6) is -0.737. The second-order valence-corrected chi connectivity index (χ2v) is 6.24. The average Bonchev–Trinajstić information content (AvgIpc) is 2.91. The fourth-order valence-corrected chi connectivity index (χ4v) is 3.21. The van der Waals surface area contributed by atoms with Gasteiger partial charge in [-0.15, -0.1) is 0 Å². The Kier molecular flexibility index (Phi) is 5.16. The van der Waals surface area contributed by atoms with E-state index in [4.69, 9.17) is 0 Å². The molecule has 0 fully saturated rings. The van der Waals surface area contributed by atoms with Gasteiger partial charge in [0.15, 0.2) is 0 Å². The first-order valence-corrected chi connectivity index (χ1v) is 8.90. The molecule has 2 aromatic carbocycles. The molecule has 134 valence electrons. The van der Waals surface area contributed by atoms with Crippen LogP contribution in [0.15, 0.2) is 48.5 Å². The third-order valence-corrected chi connectivity index (χ3v) is 4.74. The van der Waals surface area contributed by atoms with Gasteiger partial charge in [-0.05, 0) is 44.0 Å². The summed E-state index contributed by atoms with van der Waals surface area (Å²) < 4.78 is 0. The van der Waals surface area contributed by atoms with Crippen molar-refractivity contribution in [2.45, 2.75) is 20.3 Å². The summed E-state index contributed by atoms with van der Waals surface area (Å²) >= 11 is 0. The van der Waals surface area contributed by atoms with Crippen molar-refractivity contribution in [1.29, 1.82) is 0 Å². The molecule has 0 spiro atoms. The lowest BCUT2D eigenvalue weighted by Gasteiger charge is -2.18. The number of hydrogen-bond acceptors (Lipinski definition) is 3. The number of carbonyl (C=O) groups excluding carboxylic acids is 3. The summed E-state index contributed by atoms with van der Waals surface area (Å²) in [4.78, 5) is 40.7. The zero-order chi connectivity index (χ0) is 18.7. The van der Waals surface area contributed by atoms with Crippen molar-refractivity contribution in [2.24, 2.45) is 0 Å². The normalized spacial score (nSPS) is 13.1. The summed E-state index contributed by atoms with van der Waals surface area (Å²) in [6.45, 7) is 5.35. The topological polar surface area (TPSA) is 57.7 Å². The molecule has 0 aliphatic carbocycles. The number of fused-ring (bicyclic) bond motifs is 1. The molecule has 1 heterocycles. The molecular weight excluding hydrogens is 328 g/mol. The van der Waals surface area contributed by atoms with E-state index < -0.39 is 0 Å². The Morgan fingerprint density at radius 2 is 1.58 bits per heavy atom. The third kappa shape index (κ3) is 3.25. The van der Waals surface area contributed by atoms with Gasteiger partial charge in [0.1, 0.15) is 0 Å². The third-order valence-electron chi connectivity index (χ3n) is 4.74. The van der Waals surface area contributed by atoms with Gasteiger partial charge in [0.05, 0.1) is 11.1 Å². The zero-order valence-electron chi connectivity index (χ0n) is 15.1. The van der Waals surface area contributed by atoms with E-state index in [0.717, 1.165) is 5.56 Å². The van der Waals surface area contributed by atoms with Gasteiger partial charge in [0, 0.05) is 25.2 Å². The van der Waals surface area contributed by atoms with Crippen LogP contribution in [0.3, 0.4) is 0 Å². The SMILES string of the molecule is CCN(CC)C(=O)c1ccc2c(c1)C(=O)N(CCc1ccccc1)C2=O. The molecule has 5 heteroatoms. The predicted molar refractivity (Wildman–Crippen MR) is 99.2 cm³/mol. The van der Waals surface area contributed by atoms with Gasteiger partial charge in [-0.2, -0.15) is 0 Å². The first-order chi connectivity index (χ1) is 12.6. The molecule has 0 bridgehead atoms. The van der Waals surface area contributed by atoms with Gasteiger partial charge in [0.25, 0.3) is 17.7 Å². The number of hydrogen-bond donors (Lipinski definition) is 0. The van der Waals surface area contributed by atoms with E-state index >= 15 is 0 Å². The number of benzene rings is 2. The molecule has 0 saturated carbocycles. The molecule has 0 N–H and O–H groups in total. The summed E-state index contributed by atoms with van der Waals surface area (Å²) in [6, 6.07) is 14.5. The Morgan fingerprint density at radius 1 is 0.923 bits per heavy atom. The molecule has 3 amide bonds. The van der Waals surface area contributed by atoms with Gasteiger partial charge in [0.2, 0.25) is 0 Å². The van der Waals surface area contributed by atoms with Crippen LogP contribution in [0.4, 0.5) is 0 Å². The van der Waals surface area contributed by atoms with E-state index in [2.05, 4.69) is 0 Å². The van der Waals surface area contributed by atoms with Crippen molar-refractivity contribution in [3.8, 4) is 0 Å². The number of imide groups is 1. The van der Waals surface area contributed by atoms with Gasteiger partial charge in [-0.1, -0.05) is 30.3 Å². The van der Waals surface area contributed by atoms with Crippen LogP contribution in [0.2, 0.25) is 0 Å². The van der Waals surface area contributed by atoms with E-state index in [1.165, 1.54) is 4.90 Å². The molecule has 0 radical (unpaired) electrons. The maximum absolute atomic E-state index is 12.7. The molecule has 2 aromatic rings. The lowest BCUT2D eigenvalue weighted by Crippen LogP contribution is -2.31. The highest BCUT2D eigenvalue weighted by Crippen LogP contribution is 2.25. The van der Waals surface area contributed by atoms with Gasteiger partial charge in [-0.3, -0.25) is 19.3 Å². The Labute approximate surface area is 153 Å². The van der Waals surface area contributed by atoms with Crippen LogP contribution in [0, 0.1) is 0 Å². The van der Waals surface area contributed by atoms with Crippen LogP contribution >= 0.6 is 0 Å². The van der Waals surface area contributed by atoms with Gasteiger partial charge >= 0.3 is 0 Å². The molecule has 1 aliphatic rings. The Hall–Kier alpha value is -2.95. The number of rotatable bonds is 6. The van der Waals surface area contributed by atoms with Crippen LogP contribution < -0.4 is 0 Å². The van der Waals surface area contributed by atoms with Crippen LogP contribution in [-0.2, 0) is 6.42 Å². The van der Waals surface area contributed by atoms with Crippen molar-refractivity contribution in [3.05, 3.63) is 70.8 Å². The second-order valence-electron chi connectivity index (χ2n) is 6.24. The molecule has 5 nitrogen and oxygen atoms in total. The molecule has 0 unspecified atom stereocenters. The van der Waals surface area contributed by atoms with Crippen LogP contribution in [0.25, 0.3) is 0 Å². The van der Waals surface area contributed by atoms with Crippen molar-refractivity contribution in [2.75, 3.05) is 19.6 Å². The average molecular weight is 350 g/mol. The zero-order valence-corrected chi connectivity index (χ0v) is 15.1. The van der Waals surface area contributed by atoms with E-state index in [9.17, 15) is 14.4 Å². The molecular formula is C21H22N2O3. The highest BCUT2D eigenvalue weighted by molar-refractivity contribution is 6.22. The minimum absolute atomic E-state index is 0.124. The first-order valence-electron chi connectivity index (χ1n) is 8.90. The lowest BCUT2D eigenvalue weighted by molar-refractivity contribution is 0.0655. The minimum atomic E-state index is -0.324. The smallest absolute Gasteiger partial charge is 0.261 e. The monoisotopic (exact) mass is 350 g/mol. The minimum Gasteiger partial charge on any atom is -0.339 e. The standard InChI is InChI=1S/C21H22N2O3/c1-3-22(4-2)19(24)16-10-11-17-18(14-16)21(26)23(20(17)25)13-12-15-8-6-5-7-9-15/h5-11,14H,3-4,12-13H2,1-2H3. The van der Waals surface area contributed by atoms with E-state index in [-0.39, 0.29) is 17.7 Å². The maximum Gasteiger partial charge on any atom is 0.261 e. The van der Waals surface area contributed by atoms with E-state index in [0.29, 0.717) is 42.7 Å². The van der Waals surface area contributed by atoms with Crippen LogP contribution in [0.1, 0.15) is 50.5 Å². The van der Waals surface area contributed by atoms with Crippen molar-refractivity contribution >= 4 is 17.7 Å². The summed E-state index contributed by atoms with van der Waals surface area (Å²) in [6.07, 6.45) is 0.609. The van der Waals surface area contributed by atoms with Crippen LogP contribution in [0.5, 0.6) is 0 Å². The fourth-order valence-electron chi connectivity index (χ4n) is 3.21. The highest BCUT2D eigenvalue weighted by atomic mass is 16.2. The number of nitrogens with zero attached hydrogens (tertiary/aromatic N) is 2. The molecule has 0 aromatic heterocycles. The van der Waals surface area contributed by atoms with Gasteiger partial charge in [-0.25, -0.2) is 0 Å². The van der Waals surface area contributed by atoms with Gasteiger partial charge < -0.3 is 4.90 Å². The highest BCUT2D eigenvalue weighted by Gasteiger charge is 2.35. The first kappa shape index (κ1) is 17.9. The molecule has 0 saturated heterocycles. The quantitative estimate of drug-likeness (QED) is 0.753. The Balaban J connectivity index is 1.80. The number of carbonyl (C=O) groups is 3. The molecule has 1 aliphatic heterocycles. The fraction of sp³-hybridized carbons (Fsp3) is 0.286. The van der Waals surface area contributed by atoms with E-state index in [1.54, 1.807) is 23.1 Å². The number of amides is 3. The maximum atomic E-state index is 12.7. The van der Waals surface area contributed by atoms with Crippen molar-refractivity contribution in [3.63, 3.8) is 0 Å². The van der Waals surface area contributed by atoms with E-state index in [1.807, 2.05) is 44.2 Å². The van der Waals surface area contributed by atoms with Crippen molar-refractivity contribution < 1.29 is 14.4 Å².